The van der Waals surface area contributed by atoms with Gasteiger partial charge in [-0.15, -0.1) is 0 Å². The van der Waals surface area contributed by atoms with Crippen molar-refractivity contribution in [2.75, 3.05) is 25.6 Å². The van der Waals surface area contributed by atoms with E-state index in [1.807, 2.05) is 6.07 Å². The van der Waals surface area contributed by atoms with Gasteiger partial charge in [0.25, 0.3) is 5.91 Å². The predicted octanol–water partition coefficient (Wildman–Crippen LogP) is 2.42. The Morgan fingerprint density at radius 3 is 2.47 bits per heavy atom. The molecule has 0 radical (unpaired) electrons. The third-order valence-electron chi connectivity index (χ3n) is 3.95. The molecule has 4 N–H and O–H groups in total. The highest BCUT2D eigenvalue weighted by Crippen LogP contribution is 2.32. The van der Waals surface area contributed by atoms with Crippen LogP contribution >= 0.6 is 0 Å². The first-order chi connectivity index (χ1) is 14.6. The Bertz CT molecular complexity index is 842. The zero-order valence-electron chi connectivity index (χ0n) is 16.4. The van der Waals surface area contributed by atoms with Gasteiger partial charge in [-0.1, -0.05) is 36.4 Å². The van der Waals surface area contributed by atoms with Gasteiger partial charge < -0.3 is 19.3 Å². The number of ether oxygens (including phenoxy) is 3. The van der Waals surface area contributed by atoms with Crippen molar-refractivity contribution in [3.8, 4) is 5.75 Å². The number of methoxy groups -OCH3 is 1. The number of nitrogens with one attached hydrogen (secondary N) is 2. The van der Waals surface area contributed by atoms with E-state index in [4.69, 9.17) is 24.5 Å². The van der Waals surface area contributed by atoms with E-state index in [1.165, 1.54) is 18.7 Å². The number of hydroxylamine groups is 1. The number of hydrogen-bond donors (Lipinski definition) is 4. The van der Waals surface area contributed by atoms with E-state index in [0.29, 0.717) is 17.0 Å². The molecule has 0 heterocycles. The minimum atomic E-state index is -1.00. The maximum Gasteiger partial charge on any atom is 0.412 e. The largest absolute Gasteiger partial charge is 0.491 e. The summed E-state index contributed by atoms with van der Waals surface area (Å²) in [6.45, 7) is -0.154. The second kappa shape index (κ2) is 12.2. The first kappa shape index (κ1) is 22.9. The van der Waals surface area contributed by atoms with E-state index in [9.17, 15) is 9.59 Å². The zero-order valence-corrected chi connectivity index (χ0v) is 16.4. The molecule has 0 bridgehead atoms. The van der Waals surface area contributed by atoms with Gasteiger partial charge >= 0.3 is 6.09 Å². The van der Waals surface area contributed by atoms with Crippen molar-refractivity contribution in [1.82, 2.24) is 5.48 Å². The molecule has 2 rings (SSSR count). The van der Waals surface area contributed by atoms with Crippen LogP contribution in [0, 0.1) is 0 Å². The van der Waals surface area contributed by atoms with Crippen molar-refractivity contribution in [3.05, 3.63) is 72.3 Å². The average Bonchev–Trinajstić information content (AvgIpc) is 2.77. The summed E-state index contributed by atoms with van der Waals surface area (Å²) >= 11 is 0. The molecule has 9 nitrogen and oxygen atoms in total. The predicted molar refractivity (Wildman–Crippen MR) is 108 cm³/mol. The molecule has 0 unspecified atom stereocenters. The van der Waals surface area contributed by atoms with Crippen LogP contribution in [0.15, 0.2) is 66.7 Å². The summed E-state index contributed by atoms with van der Waals surface area (Å²) in [5.41, 5.74) is 2.49. The summed E-state index contributed by atoms with van der Waals surface area (Å²) in [5.74, 6) is -0.388. The highest BCUT2D eigenvalue weighted by Gasteiger charge is 2.28. The van der Waals surface area contributed by atoms with E-state index in [1.54, 1.807) is 48.5 Å². The highest BCUT2D eigenvalue weighted by atomic mass is 16.6. The summed E-state index contributed by atoms with van der Waals surface area (Å²) in [6.07, 6.45) is -0.240. The number of carbonyl (C=O) groups excluding carboxylic acids is 2. The SMILES string of the molecule is CO[C@@H](/C=C/C(=O)NO)[C@@H](OC(=O)Nc1ccccc1)c1ccccc1OCCO. The summed E-state index contributed by atoms with van der Waals surface area (Å²) in [6, 6.07) is 15.5. The molecule has 9 heteroatoms. The number of anilines is 1. The fourth-order valence-corrected chi connectivity index (χ4v) is 2.62. The van der Waals surface area contributed by atoms with E-state index < -0.39 is 24.2 Å². The molecule has 0 aliphatic rings. The van der Waals surface area contributed by atoms with Crippen molar-refractivity contribution in [3.63, 3.8) is 0 Å². The monoisotopic (exact) mass is 416 g/mol. The molecular weight excluding hydrogens is 392 g/mol. The van der Waals surface area contributed by atoms with Crippen LogP contribution in [0.2, 0.25) is 0 Å². The number of para-hydroxylation sites is 2. The van der Waals surface area contributed by atoms with Crippen LogP contribution in [0.4, 0.5) is 10.5 Å². The van der Waals surface area contributed by atoms with Crippen molar-refractivity contribution in [1.29, 1.82) is 0 Å². The minimum Gasteiger partial charge on any atom is -0.491 e. The van der Waals surface area contributed by atoms with Crippen LogP contribution in [0.1, 0.15) is 11.7 Å². The van der Waals surface area contributed by atoms with Crippen LogP contribution in [0.25, 0.3) is 0 Å². The summed E-state index contributed by atoms with van der Waals surface area (Å²) in [7, 11) is 1.38. The van der Waals surface area contributed by atoms with Crippen molar-refractivity contribution in [2.45, 2.75) is 12.2 Å². The fourth-order valence-electron chi connectivity index (χ4n) is 2.62. The van der Waals surface area contributed by atoms with Gasteiger partial charge in [0, 0.05) is 24.4 Å². The molecule has 0 aromatic heterocycles. The molecule has 0 fully saturated rings. The van der Waals surface area contributed by atoms with Crippen LogP contribution < -0.4 is 15.5 Å². The van der Waals surface area contributed by atoms with Gasteiger partial charge in [-0.25, -0.2) is 10.3 Å². The number of aliphatic hydroxyl groups excluding tert-OH is 1. The first-order valence-corrected chi connectivity index (χ1v) is 9.09. The number of aliphatic hydroxyl groups is 1. The van der Waals surface area contributed by atoms with Crippen molar-refractivity contribution in [2.24, 2.45) is 0 Å². The Kier molecular flexibility index (Phi) is 9.32. The quantitative estimate of drug-likeness (QED) is 0.266. The Hall–Kier alpha value is -3.40. The Labute approximate surface area is 173 Å². The number of benzene rings is 2. The maximum absolute atomic E-state index is 12.5. The Balaban J connectivity index is 2.33. The highest BCUT2D eigenvalue weighted by molar-refractivity contribution is 5.86. The normalized spacial score (nSPS) is 12.8. The molecule has 2 atom stereocenters. The topological polar surface area (TPSA) is 126 Å². The molecule has 160 valence electrons. The molecule has 2 amide bonds. The van der Waals surface area contributed by atoms with Gasteiger partial charge in [-0.2, -0.15) is 0 Å². The van der Waals surface area contributed by atoms with Gasteiger partial charge in [0.15, 0.2) is 6.10 Å². The van der Waals surface area contributed by atoms with Gasteiger partial charge in [0.05, 0.1) is 6.61 Å². The van der Waals surface area contributed by atoms with E-state index in [0.717, 1.165) is 6.08 Å². The standard InChI is InChI=1S/C21H24N2O7/c1-28-18(11-12-19(25)23-27)20(16-9-5-6-10-17(16)29-14-13-24)30-21(26)22-15-7-3-2-4-8-15/h2-12,18,20,24,27H,13-14H2,1H3,(H,22,26)(H,23,25)/b12-11+/t18-,20-/m0/s1. The summed E-state index contributed by atoms with van der Waals surface area (Å²) in [4.78, 5) is 23.9. The van der Waals surface area contributed by atoms with Gasteiger partial charge in [-0.3, -0.25) is 15.3 Å². The molecule has 30 heavy (non-hydrogen) atoms. The first-order valence-electron chi connectivity index (χ1n) is 9.09. The molecule has 0 saturated carbocycles. The zero-order chi connectivity index (χ0) is 21.8. The van der Waals surface area contributed by atoms with E-state index >= 15 is 0 Å². The molecule has 2 aromatic rings. The lowest BCUT2D eigenvalue weighted by molar-refractivity contribution is -0.124. The van der Waals surface area contributed by atoms with Gasteiger partial charge in [0.2, 0.25) is 0 Å². The number of amides is 2. The van der Waals surface area contributed by atoms with Crippen molar-refractivity contribution < 1.29 is 34.1 Å². The average molecular weight is 416 g/mol. The fraction of sp³-hybridized carbons (Fsp3) is 0.238. The second-order valence-corrected chi connectivity index (χ2v) is 5.96. The number of rotatable bonds is 10. The van der Waals surface area contributed by atoms with Gasteiger partial charge in [-0.05, 0) is 24.3 Å². The molecule has 0 aliphatic heterocycles. The van der Waals surface area contributed by atoms with Crippen molar-refractivity contribution >= 4 is 17.7 Å². The molecule has 0 aliphatic carbocycles. The third kappa shape index (κ3) is 6.89. The van der Waals surface area contributed by atoms with E-state index in [2.05, 4.69) is 5.32 Å². The smallest absolute Gasteiger partial charge is 0.412 e. The third-order valence-corrected chi connectivity index (χ3v) is 3.95. The number of carbonyl (C=O) groups is 2. The lowest BCUT2D eigenvalue weighted by atomic mass is 10.0. The summed E-state index contributed by atoms with van der Waals surface area (Å²) in [5, 5.41) is 20.4. The molecule has 0 spiro atoms. The van der Waals surface area contributed by atoms with E-state index in [-0.39, 0.29) is 13.2 Å². The molecule has 0 saturated heterocycles. The van der Waals surface area contributed by atoms with Gasteiger partial charge in [0.1, 0.15) is 18.5 Å². The number of hydrogen-bond acceptors (Lipinski definition) is 7. The minimum absolute atomic E-state index is 0.0420. The second-order valence-electron chi connectivity index (χ2n) is 5.96. The Morgan fingerprint density at radius 1 is 1.10 bits per heavy atom. The van der Waals surface area contributed by atoms with Crippen LogP contribution in [-0.2, 0) is 14.3 Å². The molecular formula is C21H24N2O7. The lowest BCUT2D eigenvalue weighted by Gasteiger charge is -2.26. The lowest BCUT2D eigenvalue weighted by Crippen LogP contribution is -2.28. The maximum atomic E-state index is 12.5. The van der Waals surface area contributed by atoms with Crippen LogP contribution in [0.3, 0.4) is 0 Å². The molecule has 2 aromatic carbocycles. The van der Waals surface area contributed by atoms with Crippen LogP contribution in [0.5, 0.6) is 5.75 Å². The van der Waals surface area contributed by atoms with Crippen LogP contribution in [-0.4, -0.2) is 48.7 Å². The summed E-state index contributed by atoms with van der Waals surface area (Å²) < 4.78 is 16.6. The Morgan fingerprint density at radius 2 is 1.80 bits per heavy atom.